The summed E-state index contributed by atoms with van der Waals surface area (Å²) in [7, 11) is 1.62. The molecular weight excluding hydrogens is 476 g/mol. The minimum atomic E-state index is -0.228. The van der Waals surface area contributed by atoms with Gasteiger partial charge in [0.05, 0.1) is 18.9 Å². The lowest BCUT2D eigenvalue weighted by molar-refractivity contribution is -0.119. The van der Waals surface area contributed by atoms with Crippen LogP contribution >= 0.6 is 11.8 Å². The van der Waals surface area contributed by atoms with Crippen LogP contribution in [0.3, 0.4) is 0 Å². The lowest BCUT2D eigenvalue weighted by atomic mass is 10.1. The number of nitrogens with zero attached hydrogens (tertiary/aromatic N) is 3. The Labute approximate surface area is 213 Å². The second-order valence-electron chi connectivity index (χ2n) is 8.25. The van der Waals surface area contributed by atoms with Crippen LogP contribution in [0.25, 0.3) is 5.69 Å². The summed E-state index contributed by atoms with van der Waals surface area (Å²) in [4.78, 5) is 12.8. The van der Waals surface area contributed by atoms with Gasteiger partial charge in [-0.2, -0.15) is 0 Å². The number of para-hydroxylation sites is 2. The molecule has 0 aliphatic carbocycles. The van der Waals surface area contributed by atoms with E-state index in [1.54, 1.807) is 7.11 Å². The quantitative estimate of drug-likeness (QED) is 0.337. The molecule has 4 aromatic rings. The number of carbonyl (C=O) groups excluding carboxylic acids is 1. The predicted molar refractivity (Wildman–Crippen MR) is 137 cm³/mol. The molecule has 1 aromatic heterocycles. The van der Waals surface area contributed by atoms with E-state index >= 15 is 0 Å². The molecule has 1 aliphatic rings. The van der Waals surface area contributed by atoms with Crippen molar-refractivity contribution in [1.29, 1.82) is 0 Å². The normalized spacial score (nSPS) is 14.1. The molecule has 0 unspecified atom stereocenters. The second-order valence-corrected chi connectivity index (χ2v) is 9.19. The zero-order chi connectivity index (χ0) is 24.9. The van der Waals surface area contributed by atoms with Crippen molar-refractivity contribution >= 4 is 17.7 Å². The van der Waals surface area contributed by atoms with E-state index in [-0.39, 0.29) is 24.3 Å². The number of hydrogen-bond acceptors (Lipinski definition) is 7. The van der Waals surface area contributed by atoms with Gasteiger partial charge in [0.2, 0.25) is 5.91 Å². The molecule has 2 heterocycles. The zero-order valence-corrected chi connectivity index (χ0v) is 20.8. The van der Waals surface area contributed by atoms with Crippen LogP contribution < -0.4 is 19.5 Å². The monoisotopic (exact) mass is 502 g/mol. The highest BCUT2D eigenvalue weighted by Gasteiger charge is 2.26. The number of methoxy groups -OCH3 is 1. The lowest BCUT2D eigenvalue weighted by Gasteiger charge is -2.13. The van der Waals surface area contributed by atoms with Gasteiger partial charge in [0.25, 0.3) is 0 Å². The first-order valence-corrected chi connectivity index (χ1v) is 12.5. The molecule has 1 N–H and O–H groups in total. The summed E-state index contributed by atoms with van der Waals surface area (Å²) in [5.74, 6) is 2.99. The highest BCUT2D eigenvalue weighted by Crippen LogP contribution is 2.35. The molecule has 36 heavy (non-hydrogen) atoms. The molecule has 0 radical (unpaired) electrons. The molecule has 1 amide bonds. The third kappa shape index (κ3) is 5.16. The van der Waals surface area contributed by atoms with Gasteiger partial charge in [0.15, 0.2) is 11.0 Å². The Morgan fingerprint density at radius 3 is 2.72 bits per heavy atom. The van der Waals surface area contributed by atoms with Crippen molar-refractivity contribution in [2.75, 3.05) is 19.5 Å². The first-order chi connectivity index (χ1) is 17.6. The topological polar surface area (TPSA) is 87.5 Å². The number of aromatic nitrogens is 3. The number of nitrogens with one attached hydrogen (secondary N) is 1. The van der Waals surface area contributed by atoms with Crippen LogP contribution in [0.2, 0.25) is 0 Å². The Hall–Kier alpha value is -3.98. The molecule has 1 aliphatic heterocycles. The Morgan fingerprint density at radius 2 is 1.92 bits per heavy atom. The van der Waals surface area contributed by atoms with E-state index in [1.807, 2.05) is 84.3 Å². The number of hydrogen-bond donors (Lipinski definition) is 1. The third-order valence-corrected chi connectivity index (χ3v) is 6.76. The van der Waals surface area contributed by atoms with Gasteiger partial charge in [0.1, 0.15) is 30.5 Å². The summed E-state index contributed by atoms with van der Waals surface area (Å²) < 4.78 is 19.0. The Balaban J connectivity index is 1.29. The largest absolute Gasteiger partial charge is 0.497 e. The smallest absolute Gasteiger partial charge is 0.231 e. The van der Waals surface area contributed by atoms with Crippen molar-refractivity contribution in [2.24, 2.45) is 0 Å². The average Bonchev–Trinajstić information content (AvgIpc) is 3.51. The minimum absolute atomic E-state index is 0.121. The predicted octanol–water partition coefficient (Wildman–Crippen LogP) is 4.51. The number of fused-ring (bicyclic) bond motifs is 1. The fourth-order valence-corrected chi connectivity index (χ4v) is 4.77. The van der Waals surface area contributed by atoms with Crippen molar-refractivity contribution in [2.45, 2.75) is 24.7 Å². The van der Waals surface area contributed by atoms with Crippen molar-refractivity contribution in [1.82, 2.24) is 20.1 Å². The Bertz CT molecular complexity index is 1360. The maximum atomic E-state index is 12.8. The summed E-state index contributed by atoms with van der Waals surface area (Å²) in [5.41, 5.74) is 2.86. The van der Waals surface area contributed by atoms with Gasteiger partial charge in [0, 0.05) is 11.3 Å². The summed E-state index contributed by atoms with van der Waals surface area (Å²) in [6.07, 6.45) is 0. The highest BCUT2D eigenvalue weighted by atomic mass is 32.2. The van der Waals surface area contributed by atoms with E-state index in [2.05, 4.69) is 15.5 Å². The number of benzene rings is 3. The molecule has 3 aromatic carbocycles. The molecule has 0 saturated carbocycles. The first kappa shape index (κ1) is 23.7. The van der Waals surface area contributed by atoms with Gasteiger partial charge in [-0.1, -0.05) is 48.2 Å². The molecule has 0 bridgehead atoms. The number of rotatable bonds is 9. The molecule has 1 atom stereocenters. The van der Waals surface area contributed by atoms with E-state index in [0.29, 0.717) is 17.6 Å². The SMILES string of the molecule is COc1ccc2c(c1)[C@@H](NC(=O)CSc1nnc(COc3ccccc3C)n1-c1ccccc1)CO2. The molecule has 0 fully saturated rings. The first-order valence-electron chi connectivity index (χ1n) is 11.5. The van der Waals surface area contributed by atoms with Crippen LogP contribution in [-0.4, -0.2) is 40.1 Å². The van der Waals surface area contributed by atoms with Gasteiger partial charge < -0.3 is 19.5 Å². The van der Waals surface area contributed by atoms with Gasteiger partial charge >= 0.3 is 0 Å². The Morgan fingerprint density at radius 1 is 1.11 bits per heavy atom. The standard InChI is InChI=1S/C27H26N4O4S/c1-18-8-6-7-11-23(18)35-16-25-29-30-27(31(25)19-9-4-3-5-10-19)36-17-26(32)28-22-15-34-24-13-12-20(33-2)14-21(22)24/h3-14,22H,15-17H2,1-2H3,(H,28,32)/t22-/m0/s1. The number of thioether (sulfide) groups is 1. The van der Waals surface area contributed by atoms with E-state index in [4.69, 9.17) is 14.2 Å². The Kier molecular flexibility index (Phi) is 7.08. The summed E-state index contributed by atoms with van der Waals surface area (Å²) in [5, 5.41) is 12.4. The van der Waals surface area contributed by atoms with Gasteiger partial charge in [-0.15, -0.1) is 10.2 Å². The van der Waals surface area contributed by atoms with Gasteiger partial charge in [-0.05, 0) is 48.9 Å². The summed E-state index contributed by atoms with van der Waals surface area (Å²) in [6, 6.07) is 23.0. The van der Waals surface area contributed by atoms with Crippen molar-refractivity contribution in [3.05, 3.63) is 89.7 Å². The molecule has 9 heteroatoms. The fourth-order valence-electron chi connectivity index (χ4n) is 3.99. The molecular formula is C27H26N4O4S. The van der Waals surface area contributed by atoms with Crippen molar-refractivity contribution in [3.8, 4) is 22.9 Å². The van der Waals surface area contributed by atoms with Crippen LogP contribution in [-0.2, 0) is 11.4 Å². The fraction of sp³-hybridized carbons (Fsp3) is 0.222. The van der Waals surface area contributed by atoms with E-state index in [1.165, 1.54) is 11.8 Å². The second kappa shape index (κ2) is 10.7. The minimum Gasteiger partial charge on any atom is -0.497 e. The third-order valence-electron chi connectivity index (χ3n) is 5.83. The van der Waals surface area contributed by atoms with Crippen LogP contribution in [0.15, 0.2) is 78.0 Å². The van der Waals surface area contributed by atoms with E-state index < -0.39 is 0 Å². The molecule has 0 saturated heterocycles. The number of ether oxygens (including phenoxy) is 3. The van der Waals surface area contributed by atoms with Crippen LogP contribution in [0.5, 0.6) is 17.2 Å². The number of amides is 1. The molecule has 0 spiro atoms. The lowest BCUT2D eigenvalue weighted by Crippen LogP contribution is -2.30. The number of aryl methyl sites for hydroxylation is 1. The maximum Gasteiger partial charge on any atom is 0.231 e. The van der Waals surface area contributed by atoms with Crippen LogP contribution in [0.4, 0.5) is 0 Å². The molecule has 8 nitrogen and oxygen atoms in total. The summed E-state index contributed by atoms with van der Waals surface area (Å²) >= 11 is 1.32. The average molecular weight is 503 g/mol. The van der Waals surface area contributed by atoms with E-state index in [9.17, 15) is 4.79 Å². The van der Waals surface area contributed by atoms with Crippen molar-refractivity contribution < 1.29 is 19.0 Å². The van der Waals surface area contributed by atoms with Crippen molar-refractivity contribution in [3.63, 3.8) is 0 Å². The molecule has 184 valence electrons. The highest BCUT2D eigenvalue weighted by molar-refractivity contribution is 7.99. The van der Waals surface area contributed by atoms with Gasteiger partial charge in [-0.25, -0.2) is 0 Å². The molecule has 5 rings (SSSR count). The number of carbonyl (C=O) groups is 1. The van der Waals surface area contributed by atoms with Gasteiger partial charge in [-0.3, -0.25) is 9.36 Å². The summed E-state index contributed by atoms with van der Waals surface area (Å²) in [6.45, 7) is 2.64. The van der Waals surface area contributed by atoms with Crippen LogP contribution in [0.1, 0.15) is 23.0 Å². The van der Waals surface area contributed by atoms with Crippen LogP contribution in [0, 0.1) is 6.92 Å². The van der Waals surface area contributed by atoms with E-state index in [0.717, 1.165) is 34.1 Å². The zero-order valence-electron chi connectivity index (χ0n) is 20.0. The maximum absolute atomic E-state index is 12.8.